The summed E-state index contributed by atoms with van der Waals surface area (Å²) in [5.41, 5.74) is 3.76. The molecule has 0 unspecified atom stereocenters. The van der Waals surface area contributed by atoms with Gasteiger partial charge < -0.3 is 9.88 Å². The fraction of sp³-hybridized carbons (Fsp3) is 0.350. The quantitative estimate of drug-likeness (QED) is 0.789. The summed E-state index contributed by atoms with van der Waals surface area (Å²) >= 11 is 0. The van der Waals surface area contributed by atoms with Gasteiger partial charge >= 0.3 is 0 Å². The number of hydrogen-bond donors (Lipinski definition) is 1. The maximum atomic E-state index is 12.9. The molecule has 1 fully saturated rings. The molecule has 3 aromatic rings. The molecule has 0 atom stereocenters. The van der Waals surface area contributed by atoms with E-state index in [1.807, 2.05) is 42.3 Å². The van der Waals surface area contributed by atoms with Crippen LogP contribution < -0.4 is 0 Å². The molecule has 6 nitrogen and oxygen atoms in total. The fourth-order valence-electron chi connectivity index (χ4n) is 3.53. The Morgan fingerprint density at radius 1 is 1.19 bits per heavy atom. The molecule has 2 aromatic heterocycles. The van der Waals surface area contributed by atoms with Gasteiger partial charge in [-0.2, -0.15) is 0 Å². The Labute approximate surface area is 152 Å². The second-order valence-corrected chi connectivity index (χ2v) is 6.84. The van der Waals surface area contributed by atoms with Crippen molar-refractivity contribution in [1.82, 2.24) is 24.8 Å². The smallest absolute Gasteiger partial charge is 0.253 e. The highest BCUT2D eigenvalue weighted by Gasteiger charge is 2.21. The van der Waals surface area contributed by atoms with Crippen LogP contribution in [0.5, 0.6) is 0 Å². The minimum absolute atomic E-state index is 0.0994. The molecular formula is C20H23N5O. The molecule has 0 saturated carbocycles. The molecule has 1 aliphatic heterocycles. The number of fused-ring (bicyclic) bond motifs is 1. The molecule has 134 valence electrons. The molecule has 1 aromatic carbocycles. The number of hydrogen-bond acceptors (Lipinski definition) is 4. The number of aromatic amines is 1. The number of rotatable bonds is 3. The van der Waals surface area contributed by atoms with Gasteiger partial charge in [-0.3, -0.25) is 14.7 Å². The molecule has 3 heterocycles. The number of pyridine rings is 1. The first-order valence-electron chi connectivity index (χ1n) is 9.06. The molecular weight excluding hydrogens is 326 g/mol. The summed E-state index contributed by atoms with van der Waals surface area (Å²) in [7, 11) is 0. The minimum atomic E-state index is 0.0994. The van der Waals surface area contributed by atoms with E-state index < -0.39 is 0 Å². The van der Waals surface area contributed by atoms with Crippen LogP contribution in [0, 0.1) is 6.92 Å². The summed E-state index contributed by atoms with van der Waals surface area (Å²) in [4.78, 5) is 29.1. The normalized spacial score (nSPS) is 16.0. The van der Waals surface area contributed by atoms with E-state index in [0.717, 1.165) is 61.6 Å². The van der Waals surface area contributed by atoms with E-state index in [-0.39, 0.29) is 5.91 Å². The van der Waals surface area contributed by atoms with Gasteiger partial charge in [0.15, 0.2) is 0 Å². The van der Waals surface area contributed by atoms with Gasteiger partial charge in [0.1, 0.15) is 5.82 Å². The van der Waals surface area contributed by atoms with E-state index in [1.165, 1.54) is 5.56 Å². The molecule has 1 saturated heterocycles. The summed E-state index contributed by atoms with van der Waals surface area (Å²) in [5, 5.41) is 0. The van der Waals surface area contributed by atoms with E-state index in [1.54, 1.807) is 6.20 Å². The lowest BCUT2D eigenvalue weighted by molar-refractivity contribution is 0.0761. The standard InChI is InChI=1S/C20H23N5O/c1-15-22-18-6-5-17(12-19(18)23-15)20(26)25-9-3-8-24(10-11-25)14-16-4-2-7-21-13-16/h2,4-7,12-13H,3,8-11,14H2,1H3,(H,22,23). The Hall–Kier alpha value is -2.73. The SMILES string of the molecule is Cc1nc2ccc(C(=O)N3CCCN(Cc4cccnc4)CC3)cc2[nH]1. The number of amides is 1. The first kappa shape index (κ1) is 16.7. The van der Waals surface area contributed by atoms with Crippen LogP contribution in [0.15, 0.2) is 42.7 Å². The van der Waals surface area contributed by atoms with Crippen molar-refractivity contribution < 1.29 is 4.79 Å². The molecule has 0 radical (unpaired) electrons. The number of benzene rings is 1. The van der Waals surface area contributed by atoms with E-state index in [2.05, 4.69) is 25.9 Å². The van der Waals surface area contributed by atoms with Crippen LogP contribution in [0.2, 0.25) is 0 Å². The van der Waals surface area contributed by atoms with Gasteiger partial charge in [0.05, 0.1) is 11.0 Å². The molecule has 0 bridgehead atoms. The van der Waals surface area contributed by atoms with Gasteiger partial charge in [0.25, 0.3) is 5.91 Å². The predicted octanol–water partition coefficient (Wildman–Crippen LogP) is 2.61. The topological polar surface area (TPSA) is 65.1 Å². The Bertz CT molecular complexity index is 905. The number of nitrogens with one attached hydrogen (secondary N) is 1. The van der Waals surface area contributed by atoms with Gasteiger partial charge in [0, 0.05) is 50.7 Å². The van der Waals surface area contributed by atoms with Gasteiger partial charge in [-0.05, 0) is 43.2 Å². The summed E-state index contributed by atoms with van der Waals surface area (Å²) in [6.45, 7) is 6.23. The lowest BCUT2D eigenvalue weighted by Crippen LogP contribution is -2.35. The van der Waals surface area contributed by atoms with Crippen molar-refractivity contribution in [3.63, 3.8) is 0 Å². The molecule has 26 heavy (non-hydrogen) atoms. The third-order valence-electron chi connectivity index (χ3n) is 4.85. The molecule has 1 amide bonds. The van der Waals surface area contributed by atoms with Crippen LogP contribution in [0.25, 0.3) is 11.0 Å². The average Bonchev–Trinajstić information content (AvgIpc) is 2.87. The number of aryl methyl sites for hydroxylation is 1. The van der Waals surface area contributed by atoms with Gasteiger partial charge in [-0.1, -0.05) is 6.07 Å². The molecule has 4 rings (SSSR count). The van der Waals surface area contributed by atoms with Gasteiger partial charge in [-0.15, -0.1) is 0 Å². The summed E-state index contributed by atoms with van der Waals surface area (Å²) < 4.78 is 0. The van der Waals surface area contributed by atoms with Gasteiger partial charge in [0.2, 0.25) is 0 Å². The lowest BCUT2D eigenvalue weighted by Gasteiger charge is -2.22. The zero-order chi connectivity index (χ0) is 17.9. The van der Waals surface area contributed by atoms with Crippen LogP contribution >= 0.6 is 0 Å². The predicted molar refractivity (Wildman–Crippen MR) is 101 cm³/mol. The third-order valence-corrected chi connectivity index (χ3v) is 4.85. The third kappa shape index (κ3) is 3.60. The number of nitrogens with zero attached hydrogens (tertiary/aromatic N) is 4. The highest BCUT2D eigenvalue weighted by Crippen LogP contribution is 2.16. The van der Waals surface area contributed by atoms with Crippen molar-refractivity contribution in [2.75, 3.05) is 26.2 Å². The highest BCUT2D eigenvalue weighted by molar-refractivity contribution is 5.97. The summed E-state index contributed by atoms with van der Waals surface area (Å²) in [6.07, 6.45) is 4.69. The molecule has 0 aliphatic carbocycles. The van der Waals surface area contributed by atoms with Crippen LogP contribution in [0.4, 0.5) is 0 Å². The van der Waals surface area contributed by atoms with Crippen molar-refractivity contribution in [1.29, 1.82) is 0 Å². The minimum Gasteiger partial charge on any atom is -0.342 e. The second-order valence-electron chi connectivity index (χ2n) is 6.84. The first-order chi connectivity index (χ1) is 12.7. The van der Waals surface area contributed by atoms with E-state index in [0.29, 0.717) is 0 Å². The average molecular weight is 349 g/mol. The fourth-order valence-corrected chi connectivity index (χ4v) is 3.53. The number of aromatic nitrogens is 3. The number of imidazole rings is 1. The molecule has 1 aliphatic rings. The molecule has 0 spiro atoms. The van der Waals surface area contributed by atoms with Crippen LogP contribution in [-0.2, 0) is 6.54 Å². The van der Waals surface area contributed by atoms with Crippen LogP contribution in [-0.4, -0.2) is 56.8 Å². The monoisotopic (exact) mass is 349 g/mol. The van der Waals surface area contributed by atoms with Crippen molar-refractivity contribution in [3.8, 4) is 0 Å². The Morgan fingerprint density at radius 2 is 2.12 bits per heavy atom. The van der Waals surface area contributed by atoms with E-state index in [4.69, 9.17) is 0 Å². The first-order valence-corrected chi connectivity index (χ1v) is 9.06. The maximum absolute atomic E-state index is 12.9. The Kier molecular flexibility index (Phi) is 4.67. The Balaban J connectivity index is 1.43. The highest BCUT2D eigenvalue weighted by atomic mass is 16.2. The molecule has 1 N–H and O–H groups in total. The maximum Gasteiger partial charge on any atom is 0.253 e. The zero-order valence-electron chi connectivity index (χ0n) is 15.0. The lowest BCUT2D eigenvalue weighted by atomic mass is 10.1. The second kappa shape index (κ2) is 7.25. The van der Waals surface area contributed by atoms with Crippen molar-refractivity contribution in [3.05, 3.63) is 59.7 Å². The molecule has 6 heteroatoms. The Morgan fingerprint density at radius 3 is 2.96 bits per heavy atom. The van der Waals surface area contributed by atoms with Crippen molar-refractivity contribution in [2.45, 2.75) is 19.9 Å². The van der Waals surface area contributed by atoms with Crippen molar-refractivity contribution in [2.24, 2.45) is 0 Å². The van der Waals surface area contributed by atoms with E-state index >= 15 is 0 Å². The number of carbonyl (C=O) groups excluding carboxylic acids is 1. The largest absolute Gasteiger partial charge is 0.342 e. The summed E-state index contributed by atoms with van der Waals surface area (Å²) in [5.74, 6) is 0.966. The zero-order valence-corrected chi connectivity index (χ0v) is 15.0. The van der Waals surface area contributed by atoms with Crippen LogP contribution in [0.3, 0.4) is 0 Å². The number of H-pyrrole nitrogens is 1. The summed E-state index contributed by atoms with van der Waals surface area (Å²) in [6, 6.07) is 9.77. The van der Waals surface area contributed by atoms with Crippen molar-refractivity contribution >= 4 is 16.9 Å². The van der Waals surface area contributed by atoms with Crippen LogP contribution in [0.1, 0.15) is 28.2 Å². The van der Waals surface area contributed by atoms with Gasteiger partial charge in [-0.25, -0.2) is 4.98 Å². The van der Waals surface area contributed by atoms with E-state index in [9.17, 15) is 4.79 Å². The number of carbonyl (C=O) groups is 1.